The number of nitrogens with one attached hydrogen (secondary N) is 1. The molecular formula is C12H19F3N2O4. The molecule has 0 aromatic heterocycles. The highest BCUT2D eigenvalue weighted by Crippen LogP contribution is 2.17. The summed E-state index contributed by atoms with van der Waals surface area (Å²) in [5, 5.41) is 11.1. The van der Waals surface area contributed by atoms with Crippen LogP contribution in [0, 0.1) is 0 Å². The molecule has 0 rings (SSSR count). The number of hydrogen-bond acceptors (Lipinski definition) is 3. The van der Waals surface area contributed by atoms with Crippen molar-refractivity contribution in [3.05, 3.63) is 0 Å². The van der Waals surface area contributed by atoms with E-state index < -0.39 is 31.1 Å². The maximum atomic E-state index is 12.3. The smallest absolute Gasteiger partial charge is 0.406 e. The number of amides is 2. The molecule has 2 N–H and O–H groups in total. The fraction of sp³-hybridized carbons (Fsp3) is 0.750. The van der Waals surface area contributed by atoms with Crippen LogP contribution in [0.15, 0.2) is 0 Å². The van der Waals surface area contributed by atoms with E-state index in [1.54, 1.807) is 0 Å². The second-order valence-electron chi connectivity index (χ2n) is 4.55. The predicted molar refractivity (Wildman–Crippen MR) is 67.4 cm³/mol. The standard InChI is InChI=1S/C12H19F3N2O4/c1-9(18)16-6-4-2-3-5-10(19)17(7-11(20)21)8-12(13,14)15/h2-8H2,1H3,(H,16,18)(H,20,21). The van der Waals surface area contributed by atoms with Gasteiger partial charge in [0, 0.05) is 19.9 Å². The molecular weight excluding hydrogens is 293 g/mol. The Morgan fingerprint density at radius 3 is 2.24 bits per heavy atom. The molecule has 0 aromatic carbocycles. The monoisotopic (exact) mass is 312 g/mol. The maximum Gasteiger partial charge on any atom is 0.406 e. The highest BCUT2D eigenvalue weighted by molar-refractivity contribution is 5.81. The minimum atomic E-state index is -4.63. The molecule has 0 unspecified atom stereocenters. The number of carbonyl (C=O) groups excluding carboxylic acids is 2. The summed E-state index contributed by atoms with van der Waals surface area (Å²) < 4.78 is 36.8. The van der Waals surface area contributed by atoms with Crippen molar-refractivity contribution in [2.45, 2.75) is 38.8 Å². The molecule has 0 radical (unpaired) electrons. The van der Waals surface area contributed by atoms with Crippen LogP contribution in [0.25, 0.3) is 0 Å². The van der Waals surface area contributed by atoms with Gasteiger partial charge in [0.25, 0.3) is 0 Å². The first-order valence-electron chi connectivity index (χ1n) is 6.42. The van der Waals surface area contributed by atoms with Crippen LogP contribution in [0.4, 0.5) is 13.2 Å². The van der Waals surface area contributed by atoms with Gasteiger partial charge in [-0.05, 0) is 12.8 Å². The summed E-state index contributed by atoms with van der Waals surface area (Å²) in [4.78, 5) is 32.9. The van der Waals surface area contributed by atoms with Crippen LogP contribution in [0.5, 0.6) is 0 Å². The van der Waals surface area contributed by atoms with Gasteiger partial charge in [-0.15, -0.1) is 0 Å². The van der Waals surface area contributed by atoms with E-state index in [-0.39, 0.29) is 17.2 Å². The Morgan fingerprint density at radius 2 is 1.76 bits per heavy atom. The van der Waals surface area contributed by atoms with Crippen molar-refractivity contribution in [3.8, 4) is 0 Å². The van der Waals surface area contributed by atoms with Gasteiger partial charge < -0.3 is 15.3 Å². The molecule has 0 aliphatic heterocycles. The second-order valence-corrected chi connectivity index (χ2v) is 4.55. The largest absolute Gasteiger partial charge is 0.480 e. The van der Waals surface area contributed by atoms with E-state index in [1.807, 2.05) is 0 Å². The lowest BCUT2D eigenvalue weighted by Gasteiger charge is -2.22. The van der Waals surface area contributed by atoms with Gasteiger partial charge in [0.2, 0.25) is 11.8 Å². The molecule has 6 nitrogen and oxygen atoms in total. The zero-order valence-electron chi connectivity index (χ0n) is 11.7. The van der Waals surface area contributed by atoms with Crippen molar-refractivity contribution < 1.29 is 32.7 Å². The number of carbonyl (C=O) groups is 3. The molecule has 0 aliphatic rings. The van der Waals surface area contributed by atoms with Crippen LogP contribution in [0.2, 0.25) is 0 Å². The fourth-order valence-corrected chi connectivity index (χ4v) is 1.61. The van der Waals surface area contributed by atoms with Gasteiger partial charge in [-0.25, -0.2) is 0 Å². The van der Waals surface area contributed by atoms with E-state index in [4.69, 9.17) is 5.11 Å². The summed E-state index contributed by atoms with van der Waals surface area (Å²) in [6.07, 6.45) is -3.28. The van der Waals surface area contributed by atoms with E-state index in [2.05, 4.69) is 5.32 Å². The molecule has 0 spiro atoms. The lowest BCUT2D eigenvalue weighted by molar-refractivity contribution is -0.165. The third-order valence-corrected chi connectivity index (χ3v) is 2.49. The number of carboxylic acids is 1. The van der Waals surface area contributed by atoms with E-state index in [9.17, 15) is 27.6 Å². The molecule has 2 amide bonds. The van der Waals surface area contributed by atoms with Gasteiger partial charge >= 0.3 is 12.1 Å². The normalized spacial score (nSPS) is 11.0. The highest BCUT2D eigenvalue weighted by Gasteiger charge is 2.33. The molecule has 0 saturated carbocycles. The van der Waals surface area contributed by atoms with E-state index >= 15 is 0 Å². The van der Waals surface area contributed by atoms with Crippen LogP contribution in [0.3, 0.4) is 0 Å². The molecule has 9 heteroatoms. The van der Waals surface area contributed by atoms with Crippen molar-refractivity contribution in [2.75, 3.05) is 19.6 Å². The summed E-state index contributed by atoms with van der Waals surface area (Å²) in [5.74, 6) is -2.50. The lowest BCUT2D eigenvalue weighted by atomic mass is 10.1. The Labute approximate surface area is 120 Å². The summed E-state index contributed by atoms with van der Waals surface area (Å²) >= 11 is 0. The summed E-state index contributed by atoms with van der Waals surface area (Å²) in [5.41, 5.74) is 0. The minimum absolute atomic E-state index is 0.149. The number of hydrogen-bond donors (Lipinski definition) is 2. The van der Waals surface area contributed by atoms with Crippen molar-refractivity contribution in [1.29, 1.82) is 0 Å². The van der Waals surface area contributed by atoms with Crippen LogP contribution in [-0.4, -0.2) is 53.6 Å². The van der Waals surface area contributed by atoms with E-state index in [1.165, 1.54) is 6.92 Å². The number of nitrogens with zero attached hydrogens (tertiary/aromatic N) is 1. The van der Waals surface area contributed by atoms with E-state index in [0.29, 0.717) is 25.8 Å². The van der Waals surface area contributed by atoms with Gasteiger partial charge in [0.05, 0.1) is 0 Å². The van der Waals surface area contributed by atoms with Gasteiger partial charge in [-0.3, -0.25) is 14.4 Å². The second kappa shape index (κ2) is 9.19. The molecule has 122 valence electrons. The number of alkyl halides is 3. The molecule has 0 fully saturated rings. The first-order valence-corrected chi connectivity index (χ1v) is 6.42. The van der Waals surface area contributed by atoms with Crippen LogP contribution in [0.1, 0.15) is 32.6 Å². The van der Waals surface area contributed by atoms with Gasteiger partial charge in [0.15, 0.2) is 0 Å². The fourth-order valence-electron chi connectivity index (χ4n) is 1.61. The van der Waals surface area contributed by atoms with Crippen molar-refractivity contribution in [3.63, 3.8) is 0 Å². The molecule has 0 heterocycles. The Bertz CT molecular complexity index is 372. The number of rotatable bonds is 9. The predicted octanol–water partition coefficient (Wildman–Crippen LogP) is 1.16. The van der Waals surface area contributed by atoms with Crippen LogP contribution < -0.4 is 5.32 Å². The number of unbranched alkanes of at least 4 members (excludes halogenated alkanes) is 2. The van der Waals surface area contributed by atoms with Gasteiger partial charge in [-0.2, -0.15) is 13.2 Å². The number of carboxylic acid groups (broad SMARTS) is 1. The molecule has 0 bridgehead atoms. The number of halogens is 3. The maximum absolute atomic E-state index is 12.3. The van der Waals surface area contributed by atoms with Gasteiger partial charge in [0.1, 0.15) is 13.1 Å². The molecule has 0 atom stereocenters. The average Bonchev–Trinajstić information content (AvgIpc) is 2.29. The first kappa shape index (κ1) is 19.2. The summed E-state index contributed by atoms with van der Waals surface area (Å²) in [7, 11) is 0. The lowest BCUT2D eigenvalue weighted by Crippen LogP contribution is -2.41. The van der Waals surface area contributed by atoms with Gasteiger partial charge in [-0.1, -0.05) is 6.42 Å². The summed E-state index contributed by atoms with van der Waals surface area (Å²) in [6.45, 7) is -0.733. The van der Waals surface area contributed by atoms with E-state index in [0.717, 1.165) is 0 Å². The molecule has 21 heavy (non-hydrogen) atoms. The zero-order chi connectivity index (χ0) is 16.5. The topological polar surface area (TPSA) is 86.7 Å². The third kappa shape index (κ3) is 11.7. The minimum Gasteiger partial charge on any atom is -0.480 e. The van der Waals surface area contributed by atoms with Crippen LogP contribution in [-0.2, 0) is 14.4 Å². The molecule has 0 aliphatic carbocycles. The Balaban J connectivity index is 4.11. The Morgan fingerprint density at radius 1 is 1.14 bits per heavy atom. The Hall–Kier alpha value is -1.80. The van der Waals surface area contributed by atoms with Crippen LogP contribution >= 0.6 is 0 Å². The molecule has 0 aromatic rings. The highest BCUT2D eigenvalue weighted by atomic mass is 19.4. The number of aliphatic carboxylic acids is 1. The Kier molecular flexibility index (Phi) is 8.41. The van der Waals surface area contributed by atoms with Crippen molar-refractivity contribution in [1.82, 2.24) is 10.2 Å². The zero-order valence-corrected chi connectivity index (χ0v) is 11.7. The quantitative estimate of drug-likeness (QED) is 0.626. The molecule has 0 saturated heterocycles. The van der Waals surface area contributed by atoms with Crippen molar-refractivity contribution >= 4 is 17.8 Å². The SMILES string of the molecule is CC(=O)NCCCCCC(=O)N(CC(=O)O)CC(F)(F)F. The third-order valence-electron chi connectivity index (χ3n) is 2.49. The summed E-state index contributed by atoms with van der Waals surface area (Å²) in [6, 6.07) is 0. The van der Waals surface area contributed by atoms with Crippen molar-refractivity contribution in [2.24, 2.45) is 0 Å². The average molecular weight is 312 g/mol. The first-order chi connectivity index (χ1) is 9.61.